The monoisotopic (exact) mass is 357 g/mol. The molecule has 1 aliphatic heterocycles. The molecular weight excluding hydrogens is 346 g/mol. The summed E-state index contributed by atoms with van der Waals surface area (Å²) in [5, 5.41) is 13.5. The van der Waals surface area contributed by atoms with E-state index in [2.05, 4.69) is 21.2 Å². The largest absolute Gasteiger partial charge is 0.478 e. The summed E-state index contributed by atoms with van der Waals surface area (Å²) in [5.74, 6) is -1.42. The van der Waals surface area contributed by atoms with Crippen LogP contribution in [0.25, 0.3) is 5.57 Å². The van der Waals surface area contributed by atoms with Crippen LogP contribution in [-0.4, -0.2) is 22.7 Å². The van der Waals surface area contributed by atoms with E-state index in [-0.39, 0.29) is 11.5 Å². The van der Waals surface area contributed by atoms with Crippen LogP contribution in [0.2, 0.25) is 5.02 Å². The molecule has 1 aromatic carbocycles. The SMILES string of the molecule is CC(C=O)c1ccc(Cl)c2c1C(C(=O)O)=C(CBr)NC2. The van der Waals surface area contributed by atoms with E-state index in [4.69, 9.17) is 11.6 Å². The minimum atomic E-state index is -1.03. The van der Waals surface area contributed by atoms with Gasteiger partial charge in [-0.1, -0.05) is 40.5 Å². The predicted molar refractivity (Wildman–Crippen MR) is 81.1 cm³/mol. The molecule has 0 bridgehead atoms. The summed E-state index contributed by atoms with van der Waals surface area (Å²) >= 11 is 9.45. The lowest BCUT2D eigenvalue weighted by molar-refractivity contribution is -0.130. The second-order valence-electron chi connectivity index (χ2n) is 4.56. The lowest BCUT2D eigenvalue weighted by atomic mass is 9.86. The van der Waals surface area contributed by atoms with Gasteiger partial charge in [0.15, 0.2) is 0 Å². The van der Waals surface area contributed by atoms with Gasteiger partial charge in [-0.15, -0.1) is 0 Å². The fourth-order valence-electron chi connectivity index (χ4n) is 2.35. The van der Waals surface area contributed by atoms with Gasteiger partial charge in [-0.05, 0) is 17.2 Å². The first kappa shape index (κ1) is 15.1. The second kappa shape index (κ2) is 5.97. The van der Waals surface area contributed by atoms with Crippen LogP contribution >= 0.6 is 27.5 Å². The van der Waals surface area contributed by atoms with E-state index >= 15 is 0 Å². The fourth-order valence-corrected chi connectivity index (χ4v) is 3.05. The number of carbonyl (C=O) groups excluding carboxylic acids is 1. The van der Waals surface area contributed by atoms with E-state index in [0.29, 0.717) is 33.7 Å². The van der Waals surface area contributed by atoms with Crippen LogP contribution in [0, 0.1) is 0 Å². The number of carbonyl (C=O) groups is 2. The van der Waals surface area contributed by atoms with Crippen molar-refractivity contribution in [2.75, 3.05) is 5.33 Å². The highest BCUT2D eigenvalue weighted by atomic mass is 79.9. The van der Waals surface area contributed by atoms with E-state index in [0.717, 1.165) is 11.8 Å². The third-order valence-electron chi connectivity index (χ3n) is 3.36. The van der Waals surface area contributed by atoms with Crippen molar-refractivity contribution in [2.45, 2.75) is 19.4 Å². The van der Waals surface area contributed by atoms with Gasteiger partial charge in [0.1, 0.15) is 6.29 Å². The van der Waals surface area contributed by atoms with Gasteiger partial charge in [0.05, 0.1) is 5.57 Å². The number of carboxylic acid groups (broad SMARTS) is 1. The summed E-state index contributed by atoms with van der Waals surface area (Å²) in [5.41, 5.74) is 2.75. The number of halogens is 2. The Morgan fingerprint density at radius 1 is 1.60 bits per heavy atom. The molecule has 0 spiro atoms. The molecule has 0 amide bonds. The van der Waals surface area contributed by atoms with E-state index in [1.54, 1.807) is 19.1 Å². The Kier molecular flexibility index (Phi) is 4.50. The van der Waals surface area contributed by atoms with Gasteiger partial charge in [-0.2, -0.15) is 0 Å². The number of carboxylic acids is 1. The Morgan fingerprint density at radius 3 is 2.85 bits per heavy atom. The van der Waals surface area contributed by atoms with E-state index in [1.165, 1.54) is 0 Å². The first-order valence-electron chi connectivity index (χ1n) is 6.04. The summed E-state index contributed by atoms with van der Waals surface area (Å²) in [6.07, 6.45) is 0.804. The molecule has 4 nitrogen and oxygen atoms in total. The molecule has 1 aliphatic rings. The summed E-state index contributed by atoms with van der Waals surface area (Å²) in [6, 6.07) is 3.43. The standard InChI is InChI=1S/C14H13BrClNO3/c1-7(6-18)8-2-3-10(16)9-5-17-11(4-15)13(12(8)9)14(19)20/h2-3,6-7,17H,4-5H2,1H3,(H,19,20). The number of aliphatic carboxylic acids is 1. The molecule has 0 aliphatic carbocycles. The van der Waals surface area contributed by atoms with Crippen molar-refractivity contribution < 1.29 is 14.7 Å². The van der Waals surface area contributed by atoms with Crippen LogP contribution in [0.5, 0.6) is 0 Å². The highest BCUT2D eigenvalue weighted by Crippen LogP contribution is 2.37. The van der Waals surface area contributed by atoms with Gasteiger partial charge in [0.2, 0.25) is 0 Å². The van der Waals surface area contributed by atoms with Crippen LogP contribution in [0.15, 0.2) is 17.8 Å². The van der Waals surface area contributed by atoms with Crippen molar-refractivity contribution in [3.05, 3.63) is 39.5 Å². The molecular formula is C14H13BrClNO3. The first-order chi connectivity index (χ1) is 9.51. The van der Waals surface area contributed by atoms with Gasteiger partial charge >= 0.3 is 5.97 Å². The molecule has 20 heavy (non-hydrogen) atoms. The maximum absolute atomic E-state index is 11.6. The molecule has 1 heterocycles. The van der Waals surface area contributed by atoms with Crippen LogP contribution < -0.4 is 5.32 Å². The van der Waals surface area contributed by atoms with Gasteiger partial charge in [-0.25, -0.2) is 4.79 Å². The van der Waals surface area contributed by atoms with Crippen LogP contribution in [-0.2, 0) is 16.1 Å². The molecule has 106 valence electrons. The first-order valence-corrected chi connectivity index (χ1v) is 7.54. The summed E-state index contributed by atoms with van der Waals surface area (Å²) in [4.78, 5) is 22.7. The quantitative estimate of drug-likeness (QED) is 0.641. The maximum atomic E-state index is 11.6. The molecule has 2 rings (SSSR count). The highest BCUT2D eigenvalue weighted by molar-refractivity contribution is 9.09. The second-order valence-corrected chi connectivity index (χ2v) is 5.53. The minimum Gasteiger partial charge on any atom is -0.478 e. The highest BCUT2D eigenvalue weighted by Gasteiger charge is 2.29. The normalized spacial score (nSPS) is 15.3. The number of fused-ring (bicyclic) bond motifs is 1. The van der Waals surface area contributed by atoms with E-state index in [1.807, 2.05) is 0 Å². The Morgan fingerprint density at radius 2 is 2.30 bits per heavy atom. The average molecular weight is 359 g/mol. The molecule has 0 aromatic heterocycles. The molecule has 1 unspecified atom stereocenters. The van der Waals surface area contributed by atoms with E-state index < -0.39 is 5.97 Å². The molecule has 0 radical (unpaired) electrons. The van der Waals surface area contributed by atoms with Crippen molar-refractivity contribution in [3.63, 3.8) is 0 Å². The van der Waals surface area contributed by atoms with Crippen LogP contribution in [0.4, 0.5) is 0 Å². The number of nitrogens with one attached hydrogen (secondary N) is 1. The Balaban J connectivity index is 2.79. The number of allylic oxidation sites excluding steroid dienone is 1. The van der Waals surface area contributed by atoms with Gasteiger partial charge in [0.25, 0.3) is 0 Å². The van der Waals surface area contributed by atoms with Gasteiger partial charge in [-0.3, -0.25) is 0 Å². The lowest BCUT2D eigenvalue weighted by Gasteiger charge is -2.26. The summed E-state index contributed by atoms with van der Waals surface area (Å²) < 4.78 is 0. The van der Waals surface area contributed by atoms with Crippen LogP contribution in [0.3, 0.4) is 0 Å². The Hall–Kier alpha value is -1.33. The number of hydrogen-bond donors (Lipinski definition) is 2. The molecule has 1 atom stereocenters. The zero-order valence-electron chi connectivity index (χ0n) is 10.7. The van der Waals surface area contributed by atoms with Crippen LogP contribution in [0.1, 0.15) is 29.5 Å². The lowest BCUT2D eigenvalue weighted by Crippen LogP contribution is -2.26. The third-order valence-corrected chi connectivity index (χ3v) is 4.28. The van der Waals surface area contributed by atoms with Gasteiger partial charge < -0.3 is 15.2 Å². The summed E-state index contributed by atoms with van der Waals surface area (Å²) in [7, 11) is 0. The predicted octanol–water partition coefficient (Wildman–Crippen LogP) is 2.94. The molecule has 6 heteroatoms. The molecule has 2 N–H and O–H groups in total. The minimum absolute atomic E-state index is 0.175. The van der Waals surface area contributed by atoms with Crippen molar-refractivity contribution >= 4 is 45.4 Å². The third kappa shape index (κ3) is 2.47. The Bertz CT molecular complexity index is 613. The zero-order chi connectivity index (χ0) is 14.9. The number of benzene rings is 1. The smallest absolute Gasteiger partial charge is 0.338 e. The van der Waals surface area contributed by atoms with Gasteiger partial charge in [0, 0.05) is 34.1 Å². The number of aldehydes is 1. The number of rotatable bonds is 4. The van der Waals surface area contributed by atoms with Crippen molar-refractivity contribution in [3.8, 4) is 0 Å². The van der Waals surface area contributed by atoms with Crippen molar-refractivity contribution in [2.24, 2.45) is 0 Å². The molecule has 0 saturated heterocycles. The molecule has 0 fully saturated rings. The van der Waals surface area contributed by atoms with Crippen molar-refractivity contribution in [1.82, 2.24) is 5.32 Å². The van der Waals surface area contributed by atoms with E-state index in [9.17, 15) is 14.7 Å². The topological polar surface area (TPSA) is 66.4 Å². The molecule has 1 aromatic rings. The van der Waals surface area contributed by atoms with Crippen molar-refractivity contribution in [1.29, 1.82) is 0 Å². The molecule has 0 saturated carbocycles. The number of alkyl halides is 1. The maximum Gasteiger partial charge on any atom is 0.338 e. The Labute approximate surface area is 129 Å². The number of hydrogen-bond acceptors (Lipinski definition) is 3. The summed E-state index contributed by atoms with van der Waals surface area (Å²) in [6.45, 7) is 2.19. The fraction of sp³-hybridized carbons (Fsp3) is 0.286. The average Bonchev–Trinajstić information content (AvgIpc) is 2.45. The zero-order valence-corrected chi connectivity index (χ0v) is 13.1.